The summed E-state index contributed by atoms with van der Waals surface area (Å²) in [4.78, 5) is 0. The second-order valence-corrected chi connectivity index (χ2v) is 4.81. The van der Waals surface area contributed by atoms with Crippen LogP contribution in [0.25, 0.3) is 0 Å². The lowest BCUT2D eigenvalue weighted by atomic mass is 10.00. The van der Waals surface area contributed by atoms with Gasteiger partial charge in [0.25, 0.3) is 0 Å². The molecule has 3 heteroatoms. The summed E-state index contributed by atoms with van der Waals surface area (Å²) in [5.74, 6) is -0.242. The Bertz CT molecular complexity index is 499. The van der Waals surface area contributed by atoms with Gasteiger partial charge in [0.2, 0.25) is 0 Å². The smallest absolute Gasteiger partial charge is 0.124 e. The van der Waals surface area contributed by atoms with Gasteiger partial charge in [-0.15, -0.1) is 0 Å². The summed E-state index contributed by atoms with van der Waals surface area (Å²) >= 11 is 3.35. The maximum absolute atomic E-state index is 12.9. The van der Waals surface area contributed by atoms with E-state index in [-0.39, 0.29) is 11.9 Å². The zero-order valence-corrected chi connectivity index (χ0v) is 10.8. The largest absolute Gasteiger partial charge is 0.324 e. The second-order valence-electron chi connectivity index (χ2n) is 3.96. The van der Waals surface area contributed by atoms with Crippen molar-refractivity contribution in [3.05, 3.63) is 69.9 Å². The van der Waals surface area contributed by atoms with Gasteiger partial charge >= 0.3 is 0 Å². The highest BCUT2D eigenvalue weighted by atomic mass is 79.9. The lowest BCUT2D eigenvalue weighted by molar-refractivity contribution is 0.624. The van der Waals surface area contributed by atoms with Gasteiger partial charge in [0.15, 0.2) is 0 Å². The minimum atomic E-state index is -0.242. The molecule has 1 nitrogen and oxygen atoms in total. The molecular formula is C14H13BrFN. The van der Waals surface area contributed by atoms with E-state index in [9.17, 15) is 4.39 Å². The Morgan fingerprint density at radius 1 is 1.12 bits per heavy atom. The summed E-state index contributed by atoms with van der Waals surface area (Å²) in [5.41, 5.74) is 8.22. The van der Waals surface area contributed by atoms with Crippen molar-refractivity contribution in [1.29, 1.82) is 0 Å². The molecule has 0 fully saturated rings. The molecule has 0 aliphatic carbocycles. The average molecular weight is 294 g/mol. The van der Waals surface area contributed by atoms with Crippen molar-refractivity contribution in [2.24, 2.45) is 5.73 Å². The van der Waals surface area contributed by atoms with E-state index < -0.39 is 0 Å². The predicted molar refractivity (Wildman–Crippen MR) is 71.2 cm³/mol. The van der Waals surface area contributed by atoms with Crippen LogP contribution in [0.4, 0.5) is 4.39 Å². The molecule has 2 aromatic rings. The van der Waals surface area contributed by atoms with Crippen LogP contribution in [0.2, 0.25) is 0 Å². The molecule has 0 bridgehead atoms. The highest BCUT2D eigenvalue weighted by Gasteiger charge is 2.09. The van der Waals surface area contributed by atoms with Gasteiger partial charge < -0.3 is 5.73 Å². The van der Waals surface area contributed by atoms with E-state index in [0.717, 1.165) is 15.6 Å². The summed E-state index contributed by atoms with van der Waals surface area (Å²) in [5, 5.41) is 0. The van der Waals surface area contributed by atoms with Gasteiger partial charge in [-0.25, -0.2) is 4.39 Å². The van der Waals surface area contributed by atoms with Crippen molar-refractivity contribution in [2.75, 3.05) is 0 Å². The van der Waals surface area contributed by atoms with Crippen LogP contribution in [0, 0.1) is 5.82 Å². The predicted octanol–water partition coefficient (Wildman–Crippen LogP) is 3.83. The van der Waals surface area contributed by atoms with Crippen molar-refractivity contribution < 1.29 is 4.39 Å². The van der Waals surface area contributed by atoms with E-state index in [1.807, 2.05) is 30.3 Å². The van der Waals surface area contributed by atoms with Crippen molar-refractivity contribution in [2.45, 2.75) is 12.5 Å². The van der Waals surface area contributed by atoms with Gasteiger partial charge in [-0.1, -0.05) is 52.3 Å². The van der Waals surface area contributed by atoms with Gasteiger partial charge in [0, 0.05) is 10.5 Å². The third-order valence-electron chi connectivity index (χ3n) is 2.68. The Kier molecular flexibility index (Phi) is 3.92. The molecular weight excluding hydrogens is 281 g/mol. The fourth-order valence-corrected chi connectivity index (χ4v) is 2.25. The molecule has 0 aliphatic heterocycles. The molecule has 0 aliphatic rings. The monoisotopic (exact) mass is 293 g/mol. The molecule has 17 heavy (non-hydrogen) atoms. The zero-order chi connectivity index (χ0) is 12.3. The fourth-order valence-electron chi connectivity index (χ4n) is 1.74. The first-order chi connectivity index (χ1) is 8.16. The first kappa shape index (κ1) is 12.3. The van der Waals surface area contributed by atoms with Crippen molar-refractivity contribution in [3.63, 3.8) is 0 Å². The fraction of sp³-hybridized carbons (Fsp3) is 0.143. The molecule has 0 aromatic heterocycles. The molecule has 0 amide bonds. The summed E-state index contributed by atoms with van der Waals surface area (Å²) in [6.07, 6.45) is 0.685. The zero-order valence-electron chi connectivity index (χ0n) is 9.24. The van der Waals surface area contributed by atoms with Crippen molar-refractivity contribution >= 4 is 15.9 Å². The number of hydrogen-bond donors (Lipinski definition) is 1. The number of halogens is 2. The molecule has 2 rings (SSSR count). The van der Waals surface area contributed by atoms with Crippen LogP contribution >= 0.6 is 15.9 Å². The molecule has 0 saturated heterocycles. The lowest BCUT2D eigenvalue weighted by Gasteiger charge is -2.13. The Morgan fingerprint density at radius 3 is 2.47 bits per heavy atom. The molecule has 88 valence electrons. The van der Waals surface area contributed by atoms with Crippen LogP contribution in [-0.2, 0) is 6.42 Å². The lowest BCUT2D eigenvalue weighted by Crippen LogP contribution is -2.13. The van der Waals surface area contributed by atoms with E-state index in [0.29, 0.717) is 6.42 Å². The van der Waals surface area contributed by atoms with Gasteiger partial charge in [-0.2, -0.15) is 0 Å². The van der Waals surface area contributed by atoms with Gasteiger partial charge in [0.05, 0.1) is 0 Å². The van der Waals surface area contributed by atoms with Crippen LogP contribution in [0.3, 0.4) is 0 Å². The third kappa shape index (κ3) is 3.14. The number of benzene rings is 2. The Balaban J connectivity index is 2.16. The van der Waals surface area contributed by atoms with Crippen LogP contribution in [0.5, 0.6) is 0 Å². The quantitative estimate of drug-likeness (QED) is 0.914. The SMILES string of the molecule is NC(Cc1ccc(F)cc1Br)c1ccccc1. The topological polar surface area (TPSA) is 26.0 Å². The molecule has 1 atom stereocenters. The first-order valence-electron chi connectivity index (χ1n) is 5.41. The summed E-state index contributed by atoms with van der Waals surface area (Å²) in [6, 6.07) is 14.5. The van der Waals surface area contributed by atoms with Crippen LogP contribution in [0.15, 0.2) is 53.0 Å². The van der Waals surface area contributed by atoms with Gasteiger partial charge in [-0.05, 0) is 29.7 Å². The van der Waals surface area contributed by atoms with Crippen LogP contribution in [-0.4, -0.2) is 0 Å². The number of rotatable bonds is 3. The van der Waals surface area contributed by atoms with E-state index in [4.69, 9.17) is 5.73 Å². The molecule has 2 aromatic carbocycles. The maximum Gasteiger partial charge on any atom is 0.124 e. The van der Waals surface area contributed by atoms with E-state index in [1.165, 1.54) is 12.1 Å². The normalized spacial score (nSPS) is 12.4. The van der Waals surface area contributed by atoms with E-state index >= 15 is 0 Å². The van der Waals surface area contributed by atoms with E-state index in [1.54, 1.807) is 6.07 Å². The van der Waals surface area contributed by atoms with Crippen molar-refractivity contribution in [1.82, 2.24) is 0 Å². The summed E-state index contributed by atoms with van der Waals surface area (Å²) in [6.45, 7) is 0. The summed E-state index contributed by atoms with van der Waals surface area (Å²) in [7, 11) is 0. The highest BCUT2D eigenvalue weighted by molar-refractivity contribution is 9.10. The molecule has 1 unspecified atom stereocenters. The van der Waals surface area contributed by atoms with Crippen molar-refractivity contribution in [3.8, 4) is 0 Å². The van der Waals surface area contributed by atoms with E-state index in [2.05, 4.69) is 15.9 Å². The van der Waals surface area contributed by atoms with Gasteiger partial charge in [-0.3, -0.25) is 0 Å². The molecule has 0 heterocycles. The molecule has 0 spiro atoms. The molecule has 0 radical (unpaired) electrons. The van der Waals surface area contributed by atoms with Crippen LogP contribution < -0.4 is 5.73 Å². The molecule has 2 N–H and O–H groups in total. The minimum absolute atomic E-state index is 0.0713. The minimum Gasteiger partial charge on any atom is -0.324 e. The number of hydrogen-bond acceptors (Lipinski definition) is 1. The third-order valence-corrected chi connectivity index (χ3v) is 3.42. The Morgan fingerprint density at radius 2 is 1.82 bits per heavy atom. The summed E-state index contributed by atoms with van der Waals surface area (Å²) < 4.78 is 13.7. The average Bonchev–Trinajstić information content (AvgIpc) is 2.34. The Hall–Kier alpha value is -1.19. The number of nitrogens with two attached hydrogens (primary N) is 1. The highest BCUT2D eigenvalue weighted by Crippen LogP contribution is 2.23. The Labute approximate surface area is 109 Å². The molecule has 0 saturated carbocycles. The van der Waals surface area contributed by atoms with Crippen LogP contribution in [0.1, 0.15) is 17.2 Å². The standard InChI is InChI=1S/C14H13BrFN/c15-13-9-12(16)7-6-11(13)8-14(17)10-4-2-1-3-5-10/h1-7,9,14H,8,17H2. The maximum atomic E-state index is 12.9. The first-order valence-corrected chi connectivity index (χ1v) is 6.20. The van der Waals surface area contributed by atoms with Gasteiger partial charge in [0.1, 0.15) is 5.82 Å². The second kappa shape index (κ2) is 5.43.